The molecule has 18 heavy (non-hydrogen) atoms. The second kappa shape index (κ2) is 5.88. The van der Waals surface area contributed by atoms with E-state index in [9.17, 15) is 0 Å². The Morgan fingerprint density at radius 3 is 2.72 bits per heavy atom. The second-order valence-corrected chi connectivity index (χ2v) is 4.18. The number of hydrogen-bond acceptors (Lipinski definition) is 2. The van der Waals surface area contributed by atoms with Gasteiger partial charge in [-0.25, -0.2) is 0 Å². The first-order valence-electron chi connectivity index (χ1n) is 6.14. The fraction of sp³-hybridized carbons (Fsp3) is 0.188. The van der Waals surface area contributed by atoms with Crippen LogP contribution in [-0.2, 0) is 13.0 Å². The molecule has 2 aromatic rings. The normalized spacial score (nSPS) is 9.78. The standard InChI is InChI=1S/C16H16N2/c1-2-13-6-5-9-16(10-13)18-12-15-8-4-3-7-14(15)11-17/h3-10,18H,2,12H2,1H3. The summed E-state index contributed by atoms with van der Waals surface area (Å²) in [6.07, 6.45) is 1.03. The molecular weight excluding hydrogens is 220 g/mol. The van der Waals surface area contributed by atoms with Crippen molar-refractivity contribution in [2.75, 3.05) is 5.32 Å². The monoisotopic (exact) mass is 236 g/mol. The van der Waals surface area contributed by atoms with E-state index in [0.29, 0.717) is 6.54 Å². The lowest BCUT2D eigenvalue weighted by Gasteiger charge is -2.09. The van der Waals surface area contributed by atoms with Gasteiger partial charge in [0.25, 0.3) is 0 Å². The van der Waals surface area contributed by atoms with Crippen molar-refractivity contribution in [2.45, 2.75) is 19.9 Å². The zero-order valence-corrected chi connectivity index (χ0v) is 10.5. The Kier molecular flexibility index (Phi) is 3.98. The van der Waals surface area contributed by atoms with Gasteiger partial charge < -0.3 is 5.32 Å². The fourth-order valence-corrected chi connectivity index (χ4v) is 1.88. The van der Waals surface area contributed by atoms with E-state index in [-0.39, 0.29) is 0 Å². The zero-order valence-electron chi connectivity index (χ0n) is 10.5. The number of hydrogen-bond donors (Lipinski definition) is 1. The highest BCUT2D eigenvalue weighted by Crippen LogP contribution is 2.14. The van der Waals surface area contributed by atoms with Crippen LogP contribution in [0, 0.1) is 11.3 Å². The van der Waals surface area contributed by atoms with Crippen molar-refractivity contribution in [3.8, 4) is 6.07 Å². The summed E-state index contributed by atoms with van der Waals surface area (Å²) >= 11 is 0. The van der Waals surface area contributed by atoms with Gasteiger partial charge in [-0.15, -0.1) is 0 Å². The Hall–Kier alpha value is -2.27. The summed E-state index contributed by atoms with van der Waals surface area (Å²) in [5.74, 6) is 0. The molecule has 0 unspecified atom stereocenters. The second-order valence-electron chi connectivity index (χ2n) is 4.18. The third-order valence-electron chi connectivity index (χ3n) is 2.96. The van der Waals surface area contributed by atoms with Crippen LogP contribution >= 0.6 is 0 Å². The minimum Gasteiger partial charge on any atom is -0.381 e. The molecule has 0 radical (unpaired) electrons. The zero-order chi connectivity index (χ0) is 12.8. The molecule has 90 valence electrons. The van der Waals surface area contributed by atoms with E-state index in [4.69, 9.17) is 5.26 Å². The summed E-state index contributed by atoms with van der Waals surface area (Å²) in [4.78, 5) is 0. The first-order valence-corrected chi connectivity index (χ1v) is 6.14. The molecule has 2 aromatic carbocycles. The van der Waals surface area contributed by atoms with Crippen LogP contribution in [0.1, 0.15) is 23.6 Å². The van der Waals surface area contributed by atoms with Crippen molar-refractivity contribution in [3.63, 3.8) is 0 Å². The third kappa shape index (κ3) is 2.89. The molecule has 0 bridgehead atoms. The van der Waals surface area contributed by atoms with E-state index in [1.54, 1.807) is 0 Å². The highest BCUT2D eigenvalue weighted by molar-refractivity contribution is 5.47. The van der Waals surface area contributed by atoms with Gasteiger partial charge in [0, 0.05) is 12.2 Å². The Balaban J connectivity index is 2.09. The number of aryl methyl sites for hydroxylation is 1. The van der Waals surface area contributed by atoms with Gasteiger partial charge in [-0.1, -0.05) is 37.3 Å². The molecule has 0 aliphatic heterocycles. The number of nitrogens with one attached hydrogen (secondary N) is 1. The molecule has 0 atom stereocenters. The number of nitrogens with zero attached hydrogens (tertiary/aromatic N) is 1. The summed E-state index contributed by atoms with van der Waals surface area (Å²) in [7, 11) is 0. The molecule has 0 amide bonds. The topological polar surface area (TPSA) is 35.8 Å². The van der Waals surface area contributed by atoms with Crippen molar-refractivity contribution in [1.82, 2.24) is 0 Å². The van der Waals surface area contributed by atoms with Gasteiger partial charge in [-0.2, -0.15) is 5.26 Å². The third-order valence-corrected chi connectivity index (χ3v) is 2.96. The first-order chi connectivity index (χ1) is 8.83. The van der Waals surface area contributed by atoms with Gasteiger partial charge in [0.15, 0.2) is 0 Å². The van der Waals surface area contributed by atoms with Crippen LogP contribution in [0.15, 0.2) is 48.5 Å². The predicted octanol–water partition coefficient (Wildman–Crippen LogP) is 3.73. The number of benzene rings is 2. The Morgan fingerprint density at radius 2 is 1.94 bits per heavy atom. The minimum absolute atomic E-state index is 0.677. The molecule has 0 aromatic heterocycles. The Labute approximate surface area is 108 Å². The molecular formula is C16H16N2. The highest BCUT2D eigenvalue weighted by Gasteiger charge is 2.00. The maximum absolute atomic E-state index is 9.02. The maximum atomic E-state index is 9.02. The average molecular weight is 236 g/mol. The molecule has 0 heterocycles. The molecule has 0 saturated heterocycles. The van der Waals surface area contributed by atoms with Crippen LogP contribution in [0.2, 0.25) is 0 Å². The lowest BCUT2D eigenvalue weighted by molar-refractivity contribution is 1.11. The molecule has 0 spiro atoms. The van der Waals surface area contributed by atoms with Gasteiger partial charge in [0.05, 0.1) is 11.6 Å². The summed E-state index contributed by atoms with van der Waals surface area (Å²) < 4.78 is 0. The smallest absolute Gasteiger partial charge is 0.0995 e. The number of rotatable bonds is 4. The van der Waals surface area contributed by atoms with Crippen molar-refractivity contribution in [3.05, 3.63) is 65.2 Å². The summed E-state index contributed by atoms with van der Waals surface area (Å²) in [6, 6.07) is 18.3. The molecule has 0 aliphatic rings. The van der Waals surface area contributed by atoms with Crippen molar-refractivity contribution < 1.29 is 0 Å². The van der Waals surface area contributed by atoms with Crippen LogP contribution in [-0.4, -0.2) is 0 Å². The summed E-state index contributed by atoms with van der Waals surface area (Å²) in [6.45, 7) is 2.82. The lowest BCUT2D eigenvalue weighted by atomic mass is 10.1. The molecule has 2 nitrogen and oxygen atoms in total. The first kappa shape index (κ1) is 12.2. The van der Waals surface area contributed by atoms with E-state index >= 15 is 0 Å². The quantitative estimate of drug-likeness (QED) is 0.878. The molecule has 0 saturated carbocycles. The van der Waals surface area contributed by atoms with E-state index in [2.05, 4.69) is 36.5 Å². The summed E-state index contributed by atoms with van der Waals surface area (Å²) in [5, 5.41) is 12.4. The minimum atomic E-state index is 0.677. The molecule has 1 N–H and O–H groups in total. The van der Waals surface area contributed by atoms with Crippen molar-refractivity contribution in [1.29, 1.82) is 5.26 Å². The maximum Gasteiger partial charge on any atom is 0.0995 e. The Bertz CT molecular complexity index is 567. The molecule has 0 fully saturated rings. The van der Waals surface area contributed by atoms with Gasteiger partial charge in [-0.05, 0) is 35.7 Å². The SMILES string of the molecule is CCc1cccc(NCc2ccccc2C#N)c1. The van der Waals surface area contributed by atoms with Gasteiger partial charge in [0.1, 0.15) is 0 Å². The van der Waals surface area contributed by atoms with E-state index in [1.807, 2.05) is 30.3 Å². The van der Waals surface area contributed by atoms with Crippen LogP contribution in [0.25, 0.3) is 0 Å². The largest absolute Gasteiger partial charge is 0.381 e. The predicted molar refractivity (Wildman–Crippen MR) is 74.3 cm³/mol. The van der Waals surface area contributed by atoms with Crippen LogP contribution in [0.5, 0.6) is 0 Å². The van der Waals surface area contributed by atoms with Crippen molar-refractivity contribution >= 4 is 5.69 Å². The average Bonchev–Trinajstić information content (AvgIpc) is 2.45. The van der Waals surface area contributed by atoms with Crippen LogP contribution in [0.4, 0.5) is 5.69 Å². The summed E-state index contributed by atoms with van der Waals surface area (Å²) in [5.41, 5.74) is 4.18. The van der Waals surface area contributed by atoms with Gasteiger partial charge in [0.2, 0.25) is 0 Å². The number of anilines is 1. The van der Waals surface area contributed by atoms with Crippen LogP contribution < -0.4 is 5.32 Å². The molecule has 2 heteroatoms. The van der Waals surface area contributed by atoms with E-state index in [1.165, 1.54) is 5.56 Å². The van der Waals surface area contributed by atoms with Gasteiger partial charge in [-0.3, -0.25) is 0 Å². The lowest BCUT2D eigenvalue weighted by Crippen LogP contribution is -2.01. The van der Waals surface area contributed by atoms with E-state index < -0.39 is 0 Å². The molecule has 0 aliphatic carbocycles. The fourth-order valence-electron chi connectivity index (χ4n) is 1.88. The highest BCUT2D eigenvalue weighted by atomic mass is 14.9. The Morgan fingerprint density at radius 1 is 1.11 bits per heavy atom. The van der Waals surface area contributed by atoms with Crippen LogP contribution in [0.3, 0.4) is 0 Å². The van der Waals surface area contributed by atoms with E-state index in [0.717, 1.165) is 23.2 Å². The number of nitriles is 1. The van der Waals surface area contributed by atoms with Gasteiger partial charge >= 0.3 is 0 Å². The molecule has 2 rings (SSSR count). The van der Waals surface area contributed by atoms with Crippen molar-refractivity contribution in [2.24, 2.45) is 0 Å².